The molecule has 1 aromatic carbocycles. The van der Waals surface area contributed by atoms with Crippen molar-refractivity contribution in [3.8, 4) is 6.07 Å². The third-order valence-electron chi connectivity index (χ3n) is 4.35. The third-order valence-corrected chi connectivity index (χ3v) is 5.79. The predicted molar refractivity (Wildman–Crippen MR) is 90.5 cm³/mol. The smallest absolute Gasteiger partial charge is 0.240 e. The minimum Gasteiger partial charge on any atom is -0.299 e. The molecule has 1 aliphatic rings. The van der Waals surface area contributed by atoms with E-state index in [1.54, 1.807) is 0 Å². The summed E-state index contributed by atoms with van der Waals surface area (Å²) in [7, 11) is -3.51. The van der Waals surface area contributed by atoms with E-state index in [9.17, 15) is 8.42 Å². The van der Waals surface area contributed by atoms with E-state index in [1.165, 1.54) is 30.7 Å². The van der Waals surface area contributed by atoms with E-state index in [0.29, 0.717) is 12.1 Å². The maximum Gasteiger partial charge on any atom is 0.240 e. The van der Waals surface area contributed by atoms with Crippen LogP contribution in [-0.2, 0) is 10.0 Å². The van der Waals surface area contributed by atoms with Crippen LogP contribution in [0.4, 0.5) is 0 Å². The summed E-state index contributed by atoms with van der Waals surface area (Å²) < 4.78 is 27.5. The zero-order valence-corrected chi connectivity index (χ0v) is 14.5. The number of nitriles is 1. The van der Waals surface area contributed by atoms with E-state index in [-0.39, 0.29) is 10.9 Å². The summed E-state index contributed by atoms with van der Waals surface area (Å²) in [6.45, 7) is 4.72. The first-order valence-corrected chi connectivity index (χ1v) is 9.79. The lowest BCUT2D eigenvalue weighted by Gasteiger charge is -2.35. The molecule has 1 unspecified atom stereocenters. The highest BCUT2D eigenvalue weighted by atomic mass is 32.2. The molecule has 5 nitrogen and oxygen atoms in total. The van der Waals surface area contributed by atoms with Crippen LogP contribution in [0.5, 0.6) is 0 Å². The average molecular weight is 335 g/mol. The summed E-state index contributed by atoms with van der Waals surface area (Å²) in [5, 5.41) is 8.78. The summed E-state index contributed by atoms with van der Waals surface area (Å²) in [4.78, 5) is 2.63. The molecular formula is C17H25N3O2S. The molecule has 23 heavy (non-hydrogen) atoms. The Labute approximate surface area is 139 Å². The van der Waals surface area contributed by atoms with Crippen LogP contribution in [0.15, 0.2) is 29.2 Å². The molecule has 0 amide bonds. The van der Waals surface area contributed by atoms with Gasteiger partial charge in [0, 0.05) is 12.6 Å². The van der Waals surface area contributed by atoms with Crippen LogP contribution in [-0.4, -0.2) is 39.0 Å². The van der Waals surface area contributed by atoms with Crippen molar-refractivity contribution in [2.45, 2.75) is 50.0 Å². The van der Waals surface area contributed by atoms with Crippen LogP contribution >= 0.6 is 0 Å². The predicted octanol–water partition coefficient (Wildman–Crippen LogP) is 2.49. The molecule has 1 aliphatic heterocycles. The molecule has 0 aromatic heterocycles. The van der Waals surface area contributed by atoms with Gasteiger partial charge in [-0.1, -0.05) is 19.8 Å². The lowest BCUT2D eigenvalue weighted by atomic mass is 10.0. The molecule has 0 spiro atoms. The Morgan fingerprint density at radius 1 is 1.30 bits per heavy atom. The van der Waals surface area contributed by atoms with E-state index in [2.05, 4.69) is 16.5 Å². The van der Waals surface area contributed by atoms with Crippen molar-refractivity contribution in [2.24, 2.45) is 0 Å². The van der Waals surface area contributed by atoms with E-state index < -0.39 is 10.0 Å². The second kappa shape index (κ2) is 8.44. The maximum absolute atomic E-state index is 12.4. The first-order chi connectivity index (χ1) is 11.1. The highest BCUT2D eigenvalue weighted by Crippen LogP contribution is 2.18. The van der Waals surface area contributed by atoms with Crippen LogP contribution in [0.1, 0.15) is 44.6 Å². The standard InChI is InChI=1S/C17H25N3O2S/c1-2-3-11-20-12-5-4-6-16(20)14-19-23(21,22)17-9-7-15(13-18)8-10-17/h7-10,16,19H,2-6,11-12,14H2,1H3. The number of nitrogens with one attached hydrogen (secondary N) is 1. The number of hydrogen-bond acceptors (Lipinski definition) is 4. The maximum atomic E-state index is 12.4. The summed E-state index contributed by atoms with van der Waals surface area (Å²) in [6.07, 6.45) is 5.70. The first-order valence-electron chi connectivity index (χ1n) is 8.30. The van der Waals surface area contributed by atoms with Gasteiger partial charge in [-0.25, -0.2) is 13.1 Å². The van der Waals surface area contributed by atoms with Gasteiger partial charge in [0.15, 0.2) is 0 Å². The molecule has 1 heterocycles. The quantitative estimate of drug-likeness (QED) is 0.831. The van der Waals surface area contributed by atoms with Gasteiger partial charge in [0.25, 0.3) is 0 Å². The second-order valence-electron chi connectivity index (χ2n) is 6.03. The SMILES string of the molecule is CCCCN1CCCCC1CNS(=O)(=O)c1ccc(C#N)cc1. The highest BCUT2D eigenvalue weighted by Gasteiger charge is 2.24. The summed E-state index contributed by atoms with van der Waals surface area (Å²) in [5.74, 6) is 0. The number of piperidine rings is 1. The van der Waals surface area contributed by atoms with E-state index in [0.717, 1.165) is 38.8 Å². The van der Waals surface area contributed by atoms with Gasteiger partial charge >= 0.3 is 0 Å². The Kier molecular flexibility index (Phi) is 6.58. The van der Waals surface area contributed by atoms with Gasteiger partial charge in [-0.05, 0) is 56.6 Å². The fraction of sp³-hybridized carbons (Fsp3) is 0.588. The van der Waals surface area contributed by atoms with Gasteiger partial charge in [0.1, 0.15) is 0 Å². The van der Waals surface area contributed by atoms with Gasteiger partial charge in [-0.3, -0.25) is 4.90 Å². The number of sulfonamides is 1. The molecule has 6 heteroatoms. The Bertz CT molecular complexity index is 635. The Hall–Kier alpha value is -1.42. The van der Waals surface area contributed by atoms with E-state index >= 15 is 0 Å². The minimum atomic E-state index is -3.51. The largest absolute Gasteiger partial charge is 0.299 e. The third kappa shape index (κ3) is 5.03. The molecule has 1 aromatic rings. The number of hydrogen-bond donors (Lipinski definition) is 1. The van der Waals surface area contributed by atoms with Crippen LogP contribution in [0.3, 0.4) is 0 Å². The number of unbranched alkanes of at least 4 members (excludes halogenated alkanes) is 1. The van der Waals surface area contributed by atoms with Gasteiger partial charge in [0.05, 0.1) is 16.5 Å². The Balaban J connectivity index is 1.97. The van der Waals surface area contributed by atoms with E-state index in [1.807, 2.05) is 6.07 Å². The summed E-state index contributed by atoms with van der Waals surface area (Å²) in [6, 6.07) is 8.30. The summed E-state index contributed by atoms with van der Waals surface area (Å²) >= 11 is 0. The van der Waals surface area contributed by atoms with Crippen molar-refractivity contribution in [2.75, 3.05) is 19.6 Å². The summed E-state index contributed by atoms with van der Waals surface area (Å²) in [5.41, 5.74) is 0.460. The number of benzene rings is 1. The molecule has 0 saturated carbocycles. The Morgan fingerprint density at radius 2 is 2.04 bits per heavy atom. The van der Waals surface area contributed by atoms with Gasteiger partial charge in [-0.2, -0.15) is 5.26 Å². The fourth-order valence-corrected chi connectivity index (χ4v) is 4.02. The number of nitrogens with zero attached hydrogens (tertiary/aromatic N) is 2. The van der Waals surface area contributed by atoms with Crippen LogP contribution in [0.25, 0.3) is 0 Å². The molecule has 1 saturated heterocycles. The molecule has 126 valence electrons. The normalized spacial score (nSPS) is 19.4. The van der Waals surface area contributed by atoms with Gasteiger partial charge in [-0.15, -0.1) is 0 Å². The van der Waals surface area contributed by atoms with Crippen LogP contribution < -0.4 is 4.72 Å². The zero-order valence-electron chi connectivity index (χ0n) is 13.7. The second-order valence-corrected chi connectivity index (χ2v) is 7.79. The lowest BCUT2D eigenvalue weighted by Crippen LogP contribution is -2.46. The van der Waals surface area contributed by atoms with Gasteiger partial charge < -0.3 is 0 Å². The van der Waals surface area contributed by atoms with Crippen molar-refractivity contribution in [1.29, 1.82) is 5.26 Å². The van der Waals surface area contributed by atoms with Crippen molar-refractivity contribution >= 4 is 10.0 Å². The number of rotatable bonds is 7. The monoisotopic (exact) mass is 335 g/mol. The van der Waals surface area contributed by atoms with Crippen molar-refractivity contribution in [1.82, 2.24) is 9.62 Å². The van der Waals surface area contributed by atoms with Crippen LogP contribution in [0.2, 0.25) is 0 Å². The molecule has 1 atom stereocenters. The van der Waals surface area contributed by atoms with Crippen molar-refractivity contribution in [3.05, 3.63) is 29.8 Å². The highest BCUT2D eigenvalue weighted by molar-refractivity contribution is 7.89. The molecule has 2 rings (SSSR count). The average Bonchev–Trinajstić information content (AvgIpc) is 2.59. The molecule has 0 bridgehead atoms. The molecule has 1 fully saturated rings. The fourth-order valence-electron chi connectivity index (χ4n) is 2.94. The topological polar surface area (TPSA) is 73.2 Å². The Morgan fingerprint density at radius 3 is 2.70 bits per heavy atom. The number of likely N-dealkylation sites (tertiary alicyclic amines) is 1. The van der Waals surface area contributed by atoms with Crippen molar-refractivity contribution in [3.63, 3.8) is 0 Å². The molecule has 0 aliphatic carbocycles. The van der Waals surface area contributed by atoms with Crippen molar-refractivity contribution < 1.29 is 8.42 Å². The van der Waals surface area contributed by atoms with E-state index in [4.69, 9.17) is 5.26 Å². The first kappa shape index (κ1) is 17.9. The van der Waals surface area contributed by atoms with Gasteiger partial charge in [0.2, 0.25) is 10.0 Å². The minimum absolute atomic E-state index is 0.215. The molecule has 0 radical (unpaired) electrons. The van der Waals surface area contributed by atoms with Crippen LogP contribution in [0, 0.1) is 11.3 Å². The molecule has 1 N–H and O–H groups in total. The molecular weight excluding hydrogens is 310 g/mol. The zero-order chi connectivity index (χ0) is 16.7. The lowest BCUT2D eigenvalue weighted by molar-refractivity contribution is 0.148.